The molecule has 1 atom stereocenters. The van der Waals surface area contributed by atoms with Crippen molar-refractivity contribution in [1.82, 2.24) is 10.3 Å². The average molecular weight is 428 g/mol. The van der Waals surface area contributed by atoms with Crippen molar-refractivity contribution in [3.8, 4) is 0 Å². The highest BCUT2D eigenvalue weighted by atomic mass is 79.9. The number of carbonyl (C=O) groups is 2. The van der Waals surface area contributed by atoms with Gasteiger partial charge < -0.3 is 14.6 Å². The molecule has 2 aromatic carbocycles. The predicted molar refractivity (Wildman–Crippen MR) is 105 cm³/mol. The molecule has 4 rings (SSSR count). The van der Waals surface area contributed by atoms with Crippen LogP contribution in [0.2, 0.25) is 0 Å². The number of carbonyl (C=O) groups excluding carboxylic acids is 2. The topological polar surface area (TPSA) is 75.4 Å². The number of hydrogen-bond donors (Lipinski definition) is 1. The fraction of sp³-hybridized carbons (Fsp3) is 0.250. The van der Waals surface area contributed by atoms with Crippen LogP contribution in [0, 0.1) is 12.8 Å². The van der Waals surface area contributed by atoms with E-state index in [-0.39, 0.29) is 24.2 Å². The molecule has 27 heavy (non-hydrogen) atoms. The summed E-state index contributed by atoms with van der Waals surface area (Å²) in [6, 6.07) is 13.2. The van der Waals surface area contributed by atoms with Crippen LogP contribution in [0.1, 0.15) is 17.9 Å². The van der Waals surface area contributed by atoms with Crippen LogP contribution in [-0.4, -0.2) is 23.3 Å². The van der Waals surface area contributed by atoms with E-state index in [0.29, 0.717) is 30.1 Å². The van der Waals surface area contributed by atoms with E-state index >= 15 is 0 Å². The number of aromatic nitrogens is 1. The van der Waals surface area contributed by atoms with Gasteiger partial charge in [0.25, 0.3) is 0 Å². The fourth-order valence-electron chi connectivity index (χ4n) is 3.27. The van der Waals surface area contributed by atoms with Crippen LogP contribution < -0.4 is 10.2 Å². The number of halogens is 1. The first-order chi connectivity index (χ1) is 13.0. The molecule has 2 amide bonds. The van der Waals surface area contributed by atoms with Crippen molar-refractivity contribution in [3.63, 3.8) is 0 Å². The lowest BCUT2D eigenvalue weighted by Gasteiger charge is -2.16. The van der Waals surface area contributed by atoms with E-state index in [0.717, 1.165) is 15.7 Å². The van der Waals surface area contributed by atoms with Crippen molar-refractivity contribution >= 4 is 44.5 Å². The van der Waals surface area contributed by atoms with E-state index in [9.17, 15) is 9.59 Å². The van der Waals surface area contributed by atoms with Crippen LogP contribution in [0.15, 0.2) is 51.4 Å². The number of benzene rings is 2. The SMILES string of the molecule is Cc1nc2cc(N3C[C@H](C(=O)NCc4ccc(Br)cc4)CC3=O)ccc2o1. The van der Waals surface area contributed by atoms with E-state index in [1.165, 1.54) is 0 Å². The lowest BCUT2D eigenvalue weighted by atomic mass is 10.1. The highest BCUT2D eigenvalue weighted by Gasteiger charge is 2.35. The van der Waals surface area contributed by atoms with Gasteiger partial charge in [0, 0.05) is 36.6 Å². The number of oxazole rings is 1. The van der Waals surface area contributed by atoms with Gasteiger partial charge in [0.05, 0.1) is 5.92 Å². The summed E-state index contributed by atoms with van der Waals surface area (Å²) in [6.07, 6.45) is 0.210. The Hall–Kier alpha value is -2.67. The van der Waals surface area contributed by atoms with Gasteiger partial charge in [-0.3, -0.25) is 9.59 Å². The van der Waals surface area contributed by atoms with Gasteiger partial charge in [-0.25, -0.2) is 4.98 Å². The van der Waals surface area contributed by atoms with Gasteiger partial charge in [-0.05, 0) is 35.9 Å². The number of fused-ring (bicyclic) bond motifs is 1. The van der Waals surface area contributed by atoms with Gasteiger partial charge >= 0.3 is 0 Å². The first kappa shape index (κ1) is 17.7. The number of nitrogens with one attached hydrogen (secondary N) is 1. The normalized spacial score (nSPS) is 16.9. The molecule has 1 aliphatic rings. The summed E-state index contributed by atoms with van der Waals surface area (Å²) >= 11 is 3.39. The molecule has 1 fully saturated rings. The molecule has 2 heterocycles. The van der Waals surface area contributed by atoms with Crippen LogP contribution in [0.4, 0.5) is 5.69 Å². The van der Waals surface area contributed by atoms with Gasteiger partial charge in [-0.1, -0.05) is 28.1 Å². The molecule has 3 aromatic rings. The molecule has 0 unspecified atom stereocenters. The molecule has 0 radical (unpaired) electrons. The van der Waals surface area contributed by atoms with Gasteiger partial charge in [0.2, 0.25) is 11.8 Å². The second-order valence-electron chi connectivity index (χ2n) is 6.63. The summed E-state index contributed by atoms with van der Waals surface area (Å²) in [5.41, 5.74) is 3.15. The molecule has 1 N–H and O–H groups in total. The highest BCUT2D eigenvalue weighted by molar-refractivity contribution is 9.10. The van der Waals surface area contributed by atoms with Crippen molar-refractivity contribution in [1.29, 1.82) is 0 Å². The van der Waals surface area contributed by atoms with E-state index in [4.69, 9.17) is 4.42 Å². The average Bonchev–Trinajstić information content (AvgIpc) is 3.22. The molecule has 7 heteroatoms. The quantitative estimate of drug-likeness (QED) is 0.690. The van der Waals surface area contributed by atoms with Gasteiger partial charge in [-0.15, -0.1) is 0 Å². The molecule has 0 saturated carbocycles. The standard InChI is InChI=1S/C20H18BrN3O3/c1-12-23-17-9-16(6-7-18(17)27-12)24-11-14(8-19(24)25)20(26)22-10-13-2-4-15(21)5-3-13/h2-7,9,14H,8,10-11H2,1H3,(H,22,26)/t14-/m1/s1. The minimum Gasteiger partial charge on any atom is -0.441 e. The lowest BCUT2D eigenvalue weighted by Crippen LogP contribution is -2.32. The molecule has 6 nitrogen and oxygen atoms in total. The zero-order valence-corrected chi connectivity index (χ0v) is 16.3. The Morgan fingerprint density at radius 3 is 2.85 bits per heavy atom. The number of nitrogens with zero attached hydrogens (tertiary/aromatic N) is 2. The first-order valence-corrected chi connectivity index (χ1v) is 9.48. The maximum Gasteiger partial charge on any atom is 0.227 e. The number of rotatable bonds is 4. The number of anilines is 1. The third kappa shape index (κ3) is 3.73. The van der Waals surface area contributed by atoms with Crippen molar-refractivity contribution in [2.45, 2.75) is 19.9 Å². The third-order valence-corrected chi connectivity index (χ3v) is 5.19. The van der Waals surface area contributed by atoms with Crippen LogP contribution in [0.3, 0.4) is 0 Å². The molecule has 0 spiro atoms. The Balaban J connectivity index is 1.42. The molecule has 1 aromatic heterocycles. The summed E-state index contributed by atoms with van der Waals surface area (Å²) in [6.45, 7) is 2.60. The monoisotopic (exact) mass is 427 g/mol. The number of hydrogen-bond acceptors (Lipinski definition) is 4. The molecule has 1 saturated heterocycles. The zero-order chi connectivity index (χ0) is 19.0. The third-order valence-electron chi connectivity index (χ3n) is 4.67. The first-order valence-electron chi connectivity index (χ1n) is 8.69. The van der Waals surface area contributed by atoms with Crippen LogP contribution in [0.25, 0.3) is 11.1 Å². The van der Waals surface area contributed by atoms with E-state index in [1.807, 2.05) is 36.4 Å². The van der Waals surface area contributed by atoms with Crippen LogP contribution >= 0.6 is 15.9 Å². The van der Waals surface area contributed by atoms with Crippen molar-refractivity contribution in [2.75, 3.05) is 11.4 Å². The van der Waals surface area contributed by atoms with Gasteiger partial charge in [0.1, 0.15) is 5.52 Å². The fourth-order valence-corrected chi connectivity index (χ4v) is 3.53. The minimum absolute atomic E-state index is 0.0571. The van der Waals surface area contributed by atoms with E-state index in [2.05, 4.69) is 26.2 Å². The molecule has 0 bridgehead atoms. The minimum atomic E-state index is -0.359. The Bertz CT molecular complexity index is 1010. The summed E-state index contributed by atoms with van der Waals surface area (Å²) in [4.78, 5) is 30.9. The largest absolute Gasteiger partial charge is 0.441 e. The van der Waals surface area contributed by atoms with Crippen LogP contribution in [-0.2, 0) is 16.1 Å². The maximum atomic E-state index is 12.5. The number of amides is 2. The van der Waals surface area contributed by atoms with Crippen LogP contribution in [0.5, 0.6) is 0 Å². The number of aryl methyl sites for hydroxylation is 1. The second kappa shape index (κ2) is 7.15. The predicted octanol–water partition coefficient (Wildman–Crippen LogP) is 3.57. The highest BCUT2D eigenvalue weighted by Crippen LogP contribution is 2.28. The van der Waals surface area contributed by atoms with Gasteiger partial charge in [-0.2, -0.15) is 0 Å². The summed E-state index contributed by atoms with van der Waals surface area (Å²) < 4.78 is 6.47. The summed E-state index contributed by atoms with van der Waals surface area (Å²) in [5, 5.41) is 2.93. The zero-order valence-electron chi connectivity index (χ0n) is 14.7. The Morgan fingerprint density at radius 1 is 1.30 bits per heavy atom. The van der Waals surface area contributed by atoms with Gasteiger partial charge in [0.15, 0.2) is 11.5 Å². The molecule has 138 valence electrons. The maximum absolute atomic E-state index is 12.5. The molecule has 0 aliphatic carbocycles. The van der Waals surface area contributed by atoms with Crippen molar-refractivity contribution in [2.24, 2.45) is 5.92 Å². The summed E-state index contributed by atoms with van der Waals surface area (Å²) in [7, 11) is 0. The molecular formula is C20H18BrN3O3. The Morgan fingerprint density at radius 2 is 2.07 bits per heavy atom. The Labute approximate surface area is 164 Å². The summed E-state index contributed by atoms with van der Waals surface area (Å²) in [5.74, 6) is 0.0632. The second-order valence-corrected chi connectivity index (χ2v) is 7.55. The van der Waals surface area contributed by atoms with E-state index in [1.54, 1.807) is 17.9 Å². The smallest absolute Gasteiger partial charge is 0.227 e. The van der Waals surface area contributed by atoms with Crippen molar-refractivity contribution in [3.05, 3.63) is 58.4 Å². The van der Waals surface area contributed by atoms with E-state index < -0.39 is 0 Å². The molecular weight excluding hydrogens is 410 g/mol. The lowest BCUT2D eigenvalue weighted by molar-refractivity contribution is -0.126. The van der Waals surface area contributed by atoms with Crippen molar-refractivity contribution < 1.29 is 14.0 Å². The molecule has 1 aliphatic heterocycles. The Kier molecular flexibility index (Phi) is 4.70.